The second kappa shape index (κ2) is 3.05. The van der Waals surface area contributed by atoms with Gasteiger partial charge in [0.15, 0.2) is 0 Å². The molecule has 2 aromatic heterocycles. The smallest absolute Gasteiger partial charge is 0.274 e. The Labute approximate surface area is 84.0 Å². The summed E-state index contributed by atoms with van der Waals surface area (Å²) in [4.78, 5) is 24.6. The number of aromatic amines is 1. The Bertz CT molecular complexity index is 655. The van der Waals surface area contributed by atoms with E-state index < -0.39 is 17.1 Å². The SMILES string of the molecule is Cc1cc(F)c(C)n2c(=O)[nH]c(=O)cc12. The van der Waals surface area contributed by atoms with Crippen molar-refractivity contribution in [2.24, 2.45) is 0 Å². The molecule has 0 aliphatic rings. The highest BCUT2D eigenvalue weighted by Crippen LogP contribution is 2.12. The van der Waals surface area contributed by atoms with Crippen molar-refractivity contribution >= 4 is 5.52 Å². The Hall–Kier alpha value is -1.91. The molecule has 5 heteroatoms. The molecule has 0 spiro atoms. The van der Waals surface area contributed by atoms with Gasteiger partial charge < -0.3 is 0 Å². The third-order valence-corrected chi connectivity index (χ3v) is 2.37. The molecule has 0 aliphatic heterocycles. The molecule has 15 heavy (non-hydrogen) atoms. The average Bonchev–Trinajstić information content (AvgIpc) is 2.13. The fourth-order valence-corrected chi connectivity index (χ4v) is 1.59. The van der Waals surface area contributed by atoms with E-state index in [0.717, 1.165) is 4.40 Å². The van der Waals surface area contributed by atoms with E-state index in [0.29, 0.717) is 11.1 Å². The summed E-state index contributed by atoms with van der Waals surface area (Å²) in [6.07, 6.45) is 0. The predicted molar refractivity (Wildman–Crippen MR) is 53.7 cm³/mol. The van der Waals surface area contributed by atoms with E-state index in [4.69, 9.17) is 0 Å². The maximum absolute atomic E-state index is 13.3. The lowest BCUT2D eigenvalue weighted by atomic mass is 10.2. The van der Waals surface area contributed by atoms with Gasteiger partial charge in [-0.25, -0.2) is 9.18 Å². The van der Waals surface area contributed by atoms with Gasteiger partial charge in [0.25, 0.3) is 5.56 Å². The molecule has 0 bridgehead atoms. The third-order valence-electron chi connectivity index (χ3n) is 2.37. The van der Waals surface area contributed by atoms with E-state index in [1.807, 2.05) is 0 Å². The fourth-order valence-electron chi connectivity index (χ4n) is 1.59. The zero-order valence-corrected chi connectivity index (χ0v) is 8.30. The second-order valence-electron chi connectivity index (χ2n) is 3.42. The molecular weight excluding hydrogens is 199 g/mol. The van der Waals surface area contributed by atoms with Crippen molar-refractivity contribution in [2.45, 2.75) is 13.8 Å². The first-order valence-electron chi connectivity index (χ1n) is 4.42. The Balaban J connectivity index is 3.17. The number of pyridine rings is 1. The topological polar surface area (TPSA) is 54.3 Å². The highest BCUT2D eigenvalue weighted by molar-refractivity contribution is 5.54. The van der Waals surface area contributed by atoms with Gasteiger partial charge in [0.2, 0.25) is 0 Å². The molecule has 0 saturated carbocycles. The van der Waals surface area contributed by atoms with E-state index in [-0.39, 0.29) is 5.69 Å². The van der Waals surface area contributed by atoms with E-state index >= 15 is 0 Å². The molecule has 2 heterocycles. The van der Waals surface area contributed by atoms with Crippen LogP contribution in [0.4, 0.5) is 4.39 Å². The van der Waals surface area contributed by atoms with Crippen molar-refractivity contribution < 1.29 is 4.39 Å². The minimum atomic E-state index is -0.613. The van der Waals surface area contributed by atoms with Crippen LogP contribution in [0, 0.1) is 19.7 Å². The van der Waals surface area contributed by atoms with Gasteiger partial charge >= 0.3 is 5.69 Å². The highest BCUT2D eigenvalue weighted by Gasteiger charge is 2.08. The quantitative estimate of drug-likeness (QED) is 0.694. The van der Waals surface area contributed by atoms with Gasteiger partial charge in [-0.3, -0.25) is 14.2 Å². The van der Waals surface area contributed by atoms with Gasteiger partial charge in [-0.05, 0) is 25.5 Å². The molecular formula is C10H9FN2O2. The number of nitrogens with zero attached hydrogens (tertiary/aromatic N) is 1. The van der Waals surface area contributed by atoms with Gasteiger partial charge in [0.1, 0.15) is 5.82 Å². The lowest BCUT2D eigenvalue weighted by Gasteiger charge is -2.07. The largest absolute Gasteiger partial charge is 0.333 e. The zero-order chi connectivity index (χ0) is 11.2. The number of rotatable bonds is 0. The minimum absolute atomic E-state index is 0.192. The summed E-state index contributed by atoms with van der Waals surface area (Å²) in [5.74, 6) is -0.464. The first kappa shape index (κ1) is 9.64. The predicted octanol–water partition coefficient (Wildman–Crippen LogP) is 0.744. The third kappa shape index (κ3) is 1.36. The Morgan fingerprint density at radius 1 is 1.27 bits per heavy atom. The van der Waals surface area contributed by atoms with Gasteiger partial charge in [0, 0.05) is 6.07 Å². The maximum Gasteiger partial charge on any atom is 0.333 e. The molecule has 2 aromatic rings. The number of aromatic nitrogens is 2. The van der Waals surface area contributed by atoms with Crippen LogP contribution in [0.25, 0.3) is 5.52 Å². The molecule has 0 unspecified atom stereocenters. The summed E-state index contributed by atoms with van der Waals surface area (Å²) in [5.41, 5.74) is 0.0903. The highest BCUT2D eigenvalue weighted by atomic mass is 19.1. The number of nitrogens with one attached hydrogen (secondary N) is 1. The van der Waals surface area contributed by atoms with Crippen LogP contribution in [0.1, 0.15) is 11.3 Å². The Morgan fingerprint density at radius 3 is 2.60 bits per heavy atom. The Morgan fingerprint density at radius 2 is 1.93 bits per heavy atom. The van der Waals surface area contributed by atoms with Crippen LogP contribution in [0.2, 0.25) is 0 Å². The van der Waals surface area contributed by atoms with Crippen LogP contribution < -0.4 is 11.2 Å². The van der Waals surface area contributed by atoms with Crippen molar-refractivity contribution in [2.75, 3.05) is 0 Å². The molecule has 0 radical (unpaired) electrons. The van der Waals surface area contributed by atoms with Crippen LogP contribution in [0.5, 0.6) is 0 Å². The Kier molecular flexibility index (Phi) is 1.96. The van der Waals surface area contributed by atoms with Gasteiger partial charge in [-0.2, -0.15) is 0 Å². The van der Waals surface area contributed by atoms with Crippen LogP contribution in [0.15, 0.2) is 21.7 Å². The lowest BCUT2D eigenvalue weighted by molar-refractivity contribution is 0.602. The summed E-state index contributed by atoms with van der Waals surface area (Å²) in [5, 5.41) is 0. The monoisotopic (exact) mass is 208 g/mol. The number of halogens is 1. The second-order valence-corrected chi connectivity index (χ2v) is 3.42. The first-order valence-corrected chi connectivity index (χ1v) is 4.42. The van der Waals surface area contributed by atoms with Crippen molar-refractivity contribution in [1.29, 1.82) is 0 Å². The fraction of sp³-hybridized carbons (Fsp3) is 0.200. The van der Waals surface area contributed by atoms with E-state index in [1.54, 1.807) is 6.92 Å². The molecule has 0 aliphatic carbocycles. The minimum Gasteiger partial charge on any atom is -0.274 e. The summed E-state index contributed by atoms with van der Waals surface area (Å²) >= 11 is 0. The molecule has 0 atom stereocenters. The first-order chi connectivity index (χ1) is 7.00. The molecule has 2 rings (SSSR count). The van der Waals surface area contributed by atoms with Crippen LogP contribution >= 0.6 is 0 Å². The van der Waals surface area contributed by atoms with E-state index in [2.05, 4.69) is 4.98 Å². The maximum atomic E-state index is 13.3. The number of hydrogen-bond acceptors (Lipinski definition) is 2. The molecule has 0 saturated heterocycles. The molecule has 0 amide bonds. The number of H-pyrrole nitrogens is 1. The van der Waals surface area contributed by atoms with Gasteiger partial charge in [-0.15, -0.1) is 0 Å². The van der Waals surface area contributed by atoms with Crippen LogP contribution in [0.3, 0.4) is 0 Å². The van der Waals surface area contributed by atoms with Crippen molar-refractivity contribution in [3.05, 3.63) is 50.0 Å². The average molecular weight is 208 g/mol. The van der Waals surface area contributed by atoms with Gasteiger partial charge in [-0.1, -0.05) is 0 Å². The summed E-state index contributed by atoms with van der Waals surface area (Å²) in [6, 6.07) is 2.59. The molecule has 0 aromatic carbocycles. The van der Waals surface area contributed by atoms with Crippen molar-refractivity contribution in [3.8, 4) is 0 Å². The zero-order valence-electron chi connectivity index (χ0n) is 8.30. The molecule has 0 fully saturated rings. The van der Waals surface area contributed by atoms with Crippen LogP contribution in [-0.2, 0) is 0 Å². The number of hydrogen-bond donors (Lipinski definition) is 1. The molecule has 78 valence electrons. The van der Waals surface area contributed by atoms with E-state index in [9.17, 15) is 14.0 Å². The summed E-state index contributed by atoms with van der Waals surface area (Å²) < 4.78 is 14.5. The number of aryl methyl sites for hydroxylation is 2. The van der Waals surface area contributed by atoms with Crippen molar-refractivity contribution in [3.63, 3.8) is 0 Å². The molecule has 1 N–H and O–H groups in total. The summed E-state index contributed by atoms with van der Waals surface area (Å²) in [6.45, 7) is 3.14. The van der Waals surface area contributed by atoms with Gasteiger partial charge in [0.05, 0.1) is 11.2 Å². The van der Waals surface area contributed by atoms with E-state index in [1.165, 1.54) is 19.1 Å². The number of fused-ring (bicyclic) bond motifs is 1. The molecule has 4 nitrogen and oxygen atoms in total. The van der Waals surface area contributed by atoms with Crippen LogP contribution in [-0.4, -0.2) is 9.38 Å². The normalized spacial score (nSPS) is 10.9. The summed E-state index contributed by atoms with van der Waals surface area (Å²) in [7, 11) is 0. The lowest BCUT2D eigenvalue weighted by Crippen LogP contribution is -2.27. The standard InChI is InChI=1S/C10H9FN2O2/c1-5-3-7(11)6(2)13-8(5)4-9(14)12-10(13)15/h3-4H,1-2H3,(H,12,14,15). The van der Waals surface area contributed by atoms with Crippen molar-refractivity contribution in [1.82, 2.24) is 9.38 Å².